The van der Waals surface area contributed by atoms with Crippen molar-refractivity contribution in [1.29, 1.82) is 0 Å². The van der Waals surface area contributed by atoms with Crippen molar-refractivity contribution in [3.05, 3.63) is 72.1 Å². The van der Waals surface area contributed by atoms with Crippen LogP contribution >= 0.6 is 0 Å². The first-order chi connectivity index (χ1) is 11.8. The number of hydrogen-bond donors (Lipinski definition) is 0. The first-order valence-electron chi connectivity index (χ1n) is 8.09. The zero-order valence-corrected chi connectivity index (χ0v) is 15.4. The molecule has 1 aromatic heterocycles. The van der Waals surface area contributed by atoms with Crippen molar-refractivity contribution < 1.29 is 12.8 Å². The van der Waals surface area contributed by atoms with Gasteiger partial charge < -0.3 is 4.42 Å². The van der Waals surface area contributed by atoms with E-state index in [0.717, 1.165) is 5.56 Å². The van der Waals surface area contributed by atoms with Crippen LogP contribution in [-0.2, 0) is 21.0 Å². The fourth-order valence-corrected chi connectivity index (χ4v) is 3.78. The van der Waals surface area contributed by atoms with Gasteiger partial charge in [0.1, 0.15) is 12.0 Å². The quantitative estimate of drug-likeness (QED) is 0.685. The lowest BCUT2D eigenvalue weighted by Gasteiger charge is -2.18. The molecule has 3 rings (SSSR count). The summed E-state index contributed by atoms with van der Waals surface area (Å²) < 4.78 is 30.3. The van der Waals surface area contributed by atoms with Crippen LogP contribution in [0.3, 0.4) is 0 Å². The summed E-state index contributed by atoms with van der Waals surface area (Å²) in [6.07, 6.45) is 1.41. The lowest BCUT2D eigenvalue weighted by atomic mass is 9.87. The second-order valence-electron chi connectivity index (χ2n) is 7.04. The van der Waals surface area contributed by atoms with Gasteiger partial charge in [-0.2, -0.15) is 0 Å². The first-order valence-corrected chi connectivity index (χ1v) is 9.74. The summed E-state index contributed by atoms with van der Waals surface area (Å²) in [7, 11) is -3.43. The van der Waals surface area contributed by atoms with E-state index in [-0.39, 0.29) is 16.1 Å². The lowest BCUT2D eigenvalue weighted by Crippen LogP contribution is -2.10. The van der Waals surface area contributed by atoms with Crippen LogP contribution in [0, 0.1) is 0 Å². The van der Waals surface area contributed by atoms with E-state index in [1.54, 1.807) is 30.3 Å². The van der Waals surface area contributed by atoms with Gasteiger partial charge in [0, 0.05) is 5.56 Å². The Bertz CT molecular complexity index is 950. The minimum Gasteiger partial charge on any atom is -0.444 e. The third-order valence-corrected chi connectivity index (χ3v) is 5.66. The molecule has 0 aliphatic heterocycles. The lowest BCUT2D eigenvalue weighted by molar-refractivity contribution is 0.571. The van der Waals surface area contributed by atoms with E-state index in [9.17, 15) is 8.42 Å². The maximum Gasteiger partial charge on any atom is 0.226 e. The SMILES string of the molecule is CC(C)(C)c1ccc(-c2nc(CS(=O)(=O)c3ccccc3)co2)cc1. The van der Waals surface area contributed by atoms with Gasteiger partial charge in [-0.1, -0.05) is 51.1 Å². The second-order valence-corrected chi connectivity index (χ2v) is 9.03. The Hall–Kier alpha value is -2.40. The van der Waals surface area contributed by atoms with E-state index in [2.05, 4.69) is 25.8 Å². The van der Waals surface area contributed by atoms with Crippen molar-refractivity contribution in [2.75, 3.05) is 0 Å². The molecule has 2 aromatic carbocycles. The molecule has 0 fully saturated rings. The van der Waals surface area contributed by atoms with Gasteiger partial charge in [-0.05, 0) is 35.2 Å². The molecule has 1 heterocycles. The topological polar surface area (TPSA) is 60.2 Å². The molecule has 0 atom stereocenters. The Balaban J connectivity index is 1.81. The van der Waals surface area contributed by atoms with Crippen LogP contribution in [0.25, 0.3) is 11.5 Å². The Kier molecular flexibility index (Phi) is 4.52. The maximum atomic E-state index is 12.4. The second kappa shape index (κ2) is 6.48. The van der Waals surface area contributed by atoms with Crippen LogP contribution in [0.1, 0.15) is 32.0 Å². The summed E-state index contributed by atoms with van der Waals surface area (Å²) in [6, 6.07) is 16.3. The highest BCUT2D eigenvalue weighted by Gasteiger charge is 2.18. The van der Waals surface area contributed by atoms with Crippen LogP contribution in [0.5, 0.6) is 0 Å². The fourth-order valence-electron chi connectivity index (χ4n) is 2.52. The molecule has 0 saturated carbocycles. The van der Waals surface area contributed by atoms with Crippen LogP contribution in [0.2, 0.25) is 0 Å². The summed E-state index contributed by atoms with van der Waals surface area (Å²) in [6.45, 7) is 6.46. The first kappa shape index (κ1) is 17.4. The van der Waals surface area contributed by atoms with Gasteiger partial charge in [0.15, 0.2) is 9.84 Å². The van der Waals surface area contributed by atoms with E-state index in [0.29, 0.717) is 11.6 Å². The largest absolute Gasteiger partial charge is 0.444 e. The fraction of sp³-hybridized carbons (Fsp3) is 0.250. The standard InChI is InChI=1S/C20H21NO3S/c1-20(2,3)16-11-9-15(10-12-16)19-21-17(13-24-19)14-25(22,23)18-7-5-4-6-8-18/h4-13H,14H2,1-3H3. The molecule has 0 N–H and O–H groups in total. The normalized spacial score (nSPS) is 12.3. The van der Waals surface area contributed by atoms with E-state index in [1.807, 2.05) is 24.3 Å². The average Bonchev–Trinajstić information content (AvgIpc) is 3.03. The smallest absolute Gasteiger partial charge is 0.226 e. The van der Waals surface area contributed by atoms with Gasteiger partial charge in [0.25, 0.3) is 0 Å². The molecule has 0 aliphatic carbocycles. The summed E-state index contributed by atoms with van der Waals surface area (Å²) in [5.41, 5.74) is 2.52. The Labute approximate surface area is 148 Å². The summed E-state index contributed by atoms with van der Waals surface area (Å²) in [5.74, 6) is 0.249. The van der Waals surface area contributed by atoms with Crippen molar-refractivity contribution in [1.82, 2.24) is 4.98 Å². The Morgan fingerprint density at radius 1 is 0.960 bits per heavy atom. The van der Waals surface area contributed by atoms with Crippen molar-refractivity contribution in [2.24, 2.45) is 0 Å². The summed E-state index contributed by atoms with van der Waals surface area (Å²) in [4.78, 5) is 4.62. The molecule has 3 aromatic rings. The molecular formula is C20H21NO3S. The monoisotopic (exact) mass is 355 g/mol. The molecule has 0 radical (unpaired) electrons. The third-order valence-electron chi connectivity index (χ3n) is 3.99. The highest BCUT2D eigenvalue weighted by molar-refractivity contribution is 7.90. The number of hydrogen-bond acceptors (Lipinski definition) is 4. The zero-order chi connectivity index (χ0) is 18.1. The molecule has 0 unspecified atom stereocenters. The van der Waals surface area contributed by atoms with Crippen LogP contribution in [-0.4, -0.2) is 13.4 Å². The van der Waals surface area contributed by atoms with Gasteiger partial charge >= 0.3 is 0 Å². The van der Waals surface area contributed by atoms with E-state index in [1.165, 1.54) is 11.8 Å². The molecule has 5 heteroatoms. The highest BCUT2D eigenvalue weighted by Crippen LogP contribution is 2.26. The van der Waals surface area contributed by atoms with Crippen LogP contribution < -0.4 is 0 Å². The molecule has 4 nitrogen and oxygen atoms in total. The molecule has 0 aliphatic rings. The molecule has 0 amide bonds. The van der Waals surface area contributed by atoms with Gasteiger partial charge in [-0.15, -0.1) is 0 Å². The third kappa shape index (κ3) is 3.99. The highest BCUT2D eigenvalue weighted by atomic mass is 32.2. The average molecular weight is 355 g/mol. The molecule has 0 saturated heterocycles. The number of benzene rings is 2. The Morgan fingerprint density at radius 2 is 1.60 bits per heavy atom. The van der Waals surface area contributed by atoms with Crippen molar-refractivity contribution >= 4 is 9.84 Å². The number of nitrogens with zero attached hydrogens (tertiary/aromatic N) is 1. The number of oxazole rings is 1. The molecule has 0 bridgehead atoms. The number of rotatable bonds is 4. The van der Waals surface area contributed by atoms with Crippen molar-refractivity contribution in [3.8, 4) is 11.5 Å². The van der Waals surface area contributed by atoms with Gasteiger partial charge in [-0.3, -0.25) is 0 Å². The van der Waals surface area contributed by atoms with Crippen LogP contribution in [0.4, 0.5) is 0 Å². The van der Waals surface area contributed by atoms with E-state index >= 15 is 0 Å². The Morgan fingerprint density at radius 3 is 2.20 bits per heavy atom. The van der Waals surface area contributed by atoms with Crippen molar-refractivity contribution in [2.45, 2.75) is 36.8 Å². The molecule has 0 spiro atoms. The van der Waals surface area contributed by atoms with Gasteiger partial charge in [-0.25, -0.2) is 13.4 Å². The minimum absolute atomic E-state index is 0.0735. The van der Waals surface area contributed by atoms with Crippen molar-refractivity contribution in [3.63, 3.8) is 0 Å². The molecule has 130 valence electrons. The zero-order valence-electron chi connectivity index (χ0n) is 14.6. The predicted molar refractivity (Wildman–Crippen MR) is 98.0 cm³/mol. The van der Waals surface area contributed by atoms with Gasteiger partial charge in [0.05, 0.1) is 10.6 Å². The summed E-state index contributed by atoms with van der Waals surface area (Å²) in [5, 5.41) is 0. The predicted octanol–water partition coefficient (Wildman–Crippen LogP) is 4.61. The molecule has 25 heavy (non-hydrogen) atoms. The number of sulfone groups is 1. The number of aromatic nitrogens is 1. The van der Waals surface area contributed by atoms with Crippen LogP contribution in [0.15, 0.2) is 70.2 Å². The maximum absolute atomic E-state index is 12.4. The molecular weight excluding hydrogens is 334 g/mol. The minimum atomic E-state index is -3.43. The van der Waals surface area contributed by atoms with Gasteiger partial charge in [0.2, 0.25) is 5.89 Å². The summed E-state index contributed by atoms with van der Waals surface area (Å²) >= 11 is 0. The van der Waals surface area contributed by atoms with E-state index < -0.39 is 9.84 Å². The van der Waals surface area contributed by atoms with E-state index in [4.69, 9.17) is 4.42 Å².